The third-order valence-corrected chi connectivity index (χ3v) is 9.21. The van der Waals surface area contributed by atoms with Gasteiger partial charge in [-0.2, -0.15) is 4.98 Å². The summed E-state index contributed by atoms with van der Waals surface area (Å²) in [6.07, 6.45) is 2.67. The highest BCUT2D eigenvalue weighted by molar-refractivity contribution is 7.24. The van der Waals surface area contributed by atoms with E-state index >= 15 is 0 Å². The predicted molar refractivity (Wildman–Crippen MR) is 142 cm³/mol. The number of nitrogens with zero attached hydrogens (tertiary/aromatic N) is 6. The van der Waals surface area contributed by atoms with Crippen molar-refractivity contribution in [2.45, 2.75) is 6.42 Å². The largest absolute Gasteiger partial charge is 0.339 e. The molecule has 1 aromatic carbocycles. The molecular formula is C26H29N7O2S. The summed E-state index contributed by atoms with van der Waals surface area (Å²) in [4.78, 5) is 44.4. The number of likely N-dealkylation sites (N-methyl/N-ethyl adjacent to an activating group) is 1. The monoisotopic (exact) mass is 503 g/mol. The molecule has 2 atom stereocenters. The standard InChI is InChI=1S/C26H29N7O2S/c1-30-7-4-8-31(10-9-30)26-28-13-18-22(34)21(24(35)32-14-16-11-27-12-17(16)15-32)25-33(23(18)29-26)19-5-2-3-6-20(19)36-25/h2-3,5-6,13,16-17,27H,4,7-12,14-15H2,1H3. The molecule has 9 nitrogen and oxygen atoms in total. The molecular weight excluding hydrogens is 474 g/mol. The van der Waals surface area contributed by atoms with Gasteiger partial charge < -0.3 is 20.0 Å². The van der Waals surface area contributed by atoms with Crippen LogP contribution in [-0.2, 0) is 0 Å². The number of para-hydroxylation sites is 1. The van der Waals surface area contributed by atoms with Crippen LogP contribution in [0.5, 0.6) is 0 Å². The van der Waals surface area contributed by atoms with Gasteiger partial charge in [-0.05, 0) is 44.0 Å². The van der Waals surface area contributed by atoms with Crippen LogP contribution in [0.2, 0.25) is 0 Å². The van der Waals surface area contributed by atoms with Crippen molar-refractivity contribution >= 4 is 49.3 Å². The van der Waals surface area contributed by atoms with Gasteiger partial charge in [-0.25, -0.2) is 4.98 Å². The zero-order chi connectivity index (χ0) is 24.4. The second kappa shape index (κ2) is 8.50. The fourth-order valence-electron chi connectivity index (χ4n) is 6.05. The Morgan fingerprint density at radius 3 is 2.72 bits per heavy atom. The van der Waals surface area contributed by atoms with E-state index in [1.54, 1.807) is 6.20 Å². The molecule has 6 heterocycles. The van der Waals surface area contributed by atoms with E-state index in [4.69, 9.17) is 4.98 Å². The van der Waals surface area contributed by atoms with Gasteiger partial charge in [0.1, 0.15) is 10.4 Å². The molecule has 1 N–H and O–H groups in total. The van der Waals surface area contributed by atoms with Crippen LogP contribution in [0, 0.1) is 11.8 Å². The molecule has 0 aliphatic carbocycles. The molecule has 36 heavy (non-hydrogen) atoms. The van der Waals surface area contributed by atoms with E-state index in [0.29, 0.717) is 46.7 Å². The number of rotatable bonds is 2. The Morgan fingerprint density at radius 2 is 1.89 bits per heavy atom. The molecule has 3 aliphatic rings. The lowest BCUT2D eigenvalue weighted by Crippen LogP contribution is -2.35. The molecule has 7 rings (SSSR count). The number of hydrogen-bond donors (Lipinski definition) is 1. The third-order valence-electron chi connectivity index (χ3n) is 8.06. The SMILES string of the molecule is CN1CCCN(c2ncc3c(=O)c(C(=O)N4CC5CNCC5C4)c4sc5ccccc5n4c3n2)CC1. The molecule has 0 bridgehead atoms. The third kappa shape index (κ3) is 3.42. The first-order valence-electron chi connectivity index (χ1n) is 12.7. The summed E-state index contributed by atoms with van der Waals surface area (Å²) >= 11 is 1.49. The minimum Gasteiger partial charge on any atom is -0.339 e. The van der Waals surface area contributed by atoms with Crippen molar-refractivity contribution in [1.82, 2.24) is 29.5 Å². The number of hydrogen-bond acceptors (Lipinski definition) is 8. The van der Waals surface area contributed by atoms with Crippen LogP contribution in [-0.4, -0.2) is 89.5 Å². The number of carbonyl (C=O) groups excluding carboxylic acids is 1. The molecule has 0 radical (unpaired) electrons. The second-order valence-corrected chi connectivity index (χ2v) is 11.4. The summed E-state index contributed by atoms with van der Waals surface area (Å²) in [6, 6.07) is 8.05. The number of aromatic nitrogens is 3. The van der Waals surface area contributed by atoms with Crippen LogP contribution < -0.4 is 15.6 Å². The first-order chi connectivity index (χ1) is 17.6. The van der Waals surface area contributed by atoms with E-state index in [2.05, 4.69) is 27.1 Å². The number of nitrogens with one attached hydrogen (secondary N) is 1. The number of pyridine rings is 1. The normalized spacial score (nSPS) is 23.1. The summed E-state index contributed by atoms with van der Waals surface area (Å²) in [7, 11) is 2.13. The number of carbonyl (C=O) groups is 1. The van der Waals surface area contributed by atoms with E-state index < -0.39 is 0 Å². The van der Waals surface area contributed by atoms with Gasteiger partial charge in [0.15, 0.2) is 5.65 Å². The maximum atomic E-state index is 13.9. The van der Waals surface area contributed by atoms with E-state index in [0.717, 1.165) is 55.9 Å². The summed E-state index contributed by atoms with van der Waals surface area (Å²) in [5.41, 5.74) is 1.52. The van der Waals surface area contributed by atoms with Gasteiger partial charge in [-0.15, -0.1) is 11.3 Å². The Hall–Kier alpha value is -3.08. The molecule has 186 valence electrons. The van der Waals surface area contributed by atoms with Gasteiger partial charge in [0, 0.05) is 52.0 Å². The molecule has 3 fully saturated rings. The Balaban J connectivity index is 1.42. The highest BCUT2D eigenvalue weighted by Gasteiger charge is 2.39. The fourth-order valence-corrected chi connectivity index (χ4v) is 7.23. The van der Waals surface area contributed by atoms with Gasteiger partial charge in [-0.1, -0.05) is 12.1 Å². The molecule has 0 spiro atoms. The van der Waals surface area contributed by atoms with Gasteiger partial charge in [0.25, 0.3) is 5.91 Å². The maximum absolute atomic E-state index is 13.9. The van der Waals surface area contributed by atoms with Crippen LogP contribution in [0.4, 0.5) is 5.95 Å². The number of benzene rings is 1. The van der Waals surface area contributed by atoms with Crippen molar-refractivity contribution < 1.29 is 4.79 Å². The minimum absolute atomic E-state index is 0.167. The lowest BCUT2D eigenvalue weighted by molar-refractivity contribution is 0.0782. The van der Waals surface area contributed by atoms with Crippen molar-refractivity contribution in [2.75, 3.05) is 64.3 Å². The zero-order valence-corrected chi connectivity index (χ0v) is 21.1. The number of fused-ring (bicyclic) bond motifs is 6. The summed E-state index contributed by atoms with van der Waals surface area (Å²) in [5, 5.41) is 3.82. The number of thiazole rings is 1. The lowest BCUT2D eigenvalue weighted by Gasteiger charge is -2.21. The predicted octanol–water partition coefficient (Wildman–Crippen LogP) is 1.89. The van der Waals surface area contributed by atoms with Crippen LogP contribution in [0.3, 0.4) is 0 Å². The van der Waals surface area contributed by atoms with E-state index in [1.807, 2.05) is 33.6 Å². The minimum atomic E-state index is -0.265. The van der Waals surface area contributed by atoms with Gasteiger partial charge in [-0.3, -0.25) is 14.0 Å². The van der Waals surface area contributed by atoms with Gasteiger partial charge >= 0.3 is 0 Å². The summed E-state index contributed by atoms with van der Waals surface area (Å²) in [6.45, 7) is 6.97. The molecule has 2 unspecified atom stereocenters. The smallest absolute Gasteiger partial charge is 0.260 e. The first-order valence-corrected chi connectivity index (χ1v) is 13.6. The Bertz CT molecular complexity index is 1550. The van der Waals surface area contributed by atoms with E-state index in [1.165, 1.54) is 11.3 Å². The van der Waals surface area contributed by atoms with Gasteiger partial charge in [0.05, 0.1) is 15.6 Å². The number of anilines is 1. The molecule has 3 aromatic heterocycles. The molecule has 3 aliphatic heterocycles. The topological polar surface area (TPSA) is 86.1 Å². The number of likely N-dealkylation sites (tertiary alicyclic amines) is 1. The van der Waals surface area contributed by atoms with E-state index in [9.17, 15) is 9.59 Å². The van der Waals surface area contributed by atoms with Crippen LogP contribution in [0.1, 0.15) is 16.8 Å². The molecule has 3 saturated heterocycles. The second-order valence-electron chi connectivity index (χ2n) is 10.4. The Labute approximate surface area is 212 Å². The molecule has 10 heteroatoms. The lowest BCUT2D eigenvalue weighted by atomic mass is 10.0. The summed E-state index contributed by atoms with van der Waals surface area (Å²) < 4.78 is 3.04. The quantitative estimate of drug-likeness (QED) is 0.447. The van der Waals surface area contributed by atoms with Crippen molar-refractivity contribution in [3.63, 3.8) is 0 Å². The van der Waals surface area contributed by atoms with Crippen molar-refractivity contribution in [3.05, 3.63) is 46.2 Å². The van der Waals surface area contributed by atoms with E-state index in [-0.39, 0.29) is 16.9 Å². The zero-order valence-electron chi connectivity index (χ0n) is 20.3. The highest BCUT2D eigenvalue weighted by atomic mass is 32.1. The molecule has 1 amide bonds. The first kappa shape index (κ1) is 22.1. The highest BCUT2D eigenvalue weighted by Crippen LogP contribution is 2.33. The van der Waals surface area contributed by atoms with Crippen LogP contribution in [0.25, 0.3) is 26.1 Å². The average molecular weight is 504 g/mol. The molecule has 4 aromatic rings. The Morgan fingerprint density at radius 1 is 1.08 bits per heavy atom. The maximum Gasteiger partial charge on any atom is 0.260 e. The molecule has 0 saturated carbocycles. The van der Waals surface area contributed by atoms with Crippen molar-refractivity contribution in [1.29, 1.82) is 0 Å². The average Bonchev–Trinajstić information content (AvgIpc) is 3.55. The van der Waals surface area contributed by atoms with Crippen LogP contribution >= 0.6 is 11.3 Å². The van der Waals surface area contributed by atoms with Gasteiger partial charge in [0.2, 0.25) is 11.4 Å². The van der Waals surface area contributed by atoms with Crippen molar-refractivity contribution in [3.8, 4) is 0 Å². The van der Waals surface area contributed by atoms with Crippen LogP contribution in [0.15, 0.2) is 35.3 Å². The number of amides is 1. The van der Waals surface area contributed by atoms with Crippen molar-refractivity contribution in [2.24, 2.45) is 11.8 Å². The fraction of sp³-hybridized carbons (Fsp3) is 0.462. The Kier molecular flexibility index (Phi) is 5.23. The summed E-state index contributed by atoms with van der Waals surface area (Å²) in [5.74, 6) is 1.41.